The molecule has 0 unspecified atom stereocenters. The van der Waals surface area contributed by atoms with Gasteiger partial charge in [0.1, 0.15) is 0 Å². The molecular formula is C25H28N2O3S. The van der Waals surface area contributed by atoms with Gasteiger partial charge >= 0.3 is 0 Å². The Hall–Kier alpha value is -3.12. The first-order valence-electron chi connectivity index (χ1n) is 10.1. The summed E-state index contributed by atoms with van der Waals surface area (Å²) in [6.07, 6.45) is 1.18. The van der Waals surface area contributed by atoms with Crippen molar-refractivity contribution in [2.75, 3.05) is 10.6 Å². The summed E-state index contributed by atoms with van der Waals surface area (Å²) < 4.78 is 26.1. The fraction of sp³-hybridized carbons (Fsp3) is 0.240. The van der Waals surface area contributed by atoms with Gasteiger partial charge in [-0.1, -0.05) is 54.1 Å². The van der Waals surface area contributed by atoms with Gasteiger partial charge < -0.3 is 5.32 Å². The second-order valence-corrected chi connectivity index (χ2v) is 9.76. The fourth-order valence-corrected chi connectivity index (χ4v) is 4.40. The molecule has 0 aliphatic carbocycles. The first-order chi connectivity index (χ1) is 14.6. The molecule has 0 aliphatic heterocycles. The molecular weight excluding hydrogens is 408 g/mol. The number of carbonyl (C=O) groups is 1. The lowest BCUT2D eigenvalue weighted by atomic mass is 9.99. The fourth-order valence-electron chi connectivity index (χ4n) is 3.51. The minimum Gasteiger partial charge on any atom is -0.346 e. The first kappa shape index (κ1) is 22.6. The topological polar surface area (TPSA) is 66.5 Å². The van der Waals surface area contributed by atoms with Crippen molar-refractivity contribution in [1.29, 1.82) is 0 Å². The van der Waals surface area contributed by atoms with Crippen LogP contribution in [0.1, 0.15) is 45.6 Å². The number of benzene rings is 3. The Balaban J connectivity index is 1.77. The maximum absolute atomic E-state index is 12.8. The number of aryl methyl sites for hydroxylation is 2. The Labute approximate surface area is 184 Å². The Morgan fingerprint density at radius 2 is 1.61 bits per heavy atom. The van der Waals surface area contributed by atoms with E-state index in [-0.39, 0.29) is 18.5 Å². The highest BCUT2D eigenvalue weighted by Crippen LogP contribution is 2.23. The number of amides is 1. The highest BCUT2D eigenvalue weighted by atomic mass is 32.2. The minimum atomic E-state index is -3.48. The van der Waals surface area contributed by atoms with Crippen LogP contribution in [-0.2, 0) is 16.6 Å². The lowest BCUT2D eigenvalue weighted by molar-refractivity contribution is 0.0940. The number of hydrogen-bond acceptors (Lipinski definition) is 3. The van der Waals surface area contributed by atoms with Crippen LogP contribution < -0.4 is 9.62 Å². The van der Waals surface area contributed by atoms with Crippen LogP contribution in [0.3, 0.4) is 0 Å². The normalized spacial score (nSPS) is 12.3. The highest BCUT2D eigenvalue weighted by Gasteiger charge is 2.19. The average Bonchev–Trinajstić information content (AvgIpc) is 2.73. The standard InChI is InChI=1S/C25H28N2O3S/c1-18-10-11-19(2)24(16-18)20(3)26-25(28)22-12-14-23(15-13-22)27(31(4,29)30)17-21-8-6-5-7-9-21/h5-16,20H,17H2,1-4H3,(H,26,28)/t20-/m0/s1. The highest BCUT2D eigenvalue weighted by molar-refractivity contribution is 7.92. The molecule has 0 spiro atoms. The van der Waals surface area contributed by atoms with Gasteiger partial charge in [0.25, 0.3) is 5.91 Å². The molecule has 162 valence electrons. The van der Waals surface area contributed by atoms with E-state index >= 15 is 0 Å². The van der Waals surface area contributed by atoms with Crippen LogP contribution in [0.4, 0.5) is 5.69 Å². The van der Waals surface area contributed by atoms with Crippen molar-refractivity contribution in [3.8, 4) is 0 Å². The van der Waals surface area contributed by atoms with Crippen molar-refractivity contribution in [3.05, 3.63) is 101 Å². The molecule has 0 saturated heterocycles. The van der Waals surface area contributed by atoms with Gasteiger partial charge in [0, 0.05) is 5.56 Å². The van der Waals surface area contributed by atoms with Gasteiger partial charge in [0.05, 0.1) is 24.5 Å². The lowest BCUT2D eigenvalue weighted by Crippen LogP contribution is -2.30. The van der Waals surface area contributed by atoms with Gasteiger partial charge in [-0.15, -0.1) is 0 Å². The van der Waals surface area contributed by atoms with Crippen molar-refractivity contribution >= 4 is 21.6 Å². The number of nitrogens with zero attached hydrogens (tertiary/aromatic N) is 1. The van der Waals surface area contributed by atoms with Crippen molar-refractivity contribution in [1.82, 2.24) is 5.32 Å². The second-order valence-electron chi connectivity index (χ2n) is 7.86. The summed E-state index contributed by atoms with van der Waals surface area (Å²) in [5, 5.41) is 3.03. The van der Waals surface area contributed by atoms with Crippen LogP contribution in [0, 0.1) is 13.8 Å². The van der Waals surface area contributed by atoms with Gasteiger partial charge in [-0.05, 0) is 61.7 Å². The molecule has 31 heavy (non-hydrogen) atoms. The molecule has 1 atom stereocenters. The van der Waals surface area contributed by atoms with E-state index in [9.17, 15) is 13.2 Å². The third kappa shape index (κ3) is 5.73. The molecule has 0 radical (unpaired) electrons. The van der Waals surface area contributed by atoms with E-state index in [0.717, 1.165) is 22.3 Å². The number of hydrogen-bond donors (Lipinski definition) is 1. The third-order valence-electron chi connectivity index (χ3n) is 5.24. The summed E-state index contributed by atoms with van der Waals surface area (Å²) in [6.45, 7) is 6.24. The van der Waals surface area contributed by atoms with Crippen LogP contribution in [0.25, 0.3) is 0 Å². The monoisotopic (exact) mass is 436 g/mol. The molecule has 0 saturated carbocycles. The molecule has 0 aliphatic rings. The van der Waals surface area contributed by atoms with Gasteiger partial charge in [-0.25, -0.2) is 8.42 Å². The molecule has 3 aromatic carbocycles. The van der Waals surface area contributed by atoms with Crippen LogP contribution >= 0.6 is 0 Å². The predicted octanol–water partition coefficient (Wildman–Crippen LogP) is 4.76. The van der Waals surface area contributed by atoms with E-state index < -0.39 is 10.0 Å². The maximum atomic E-state index is 12.8. The average molecular weight is 437 g/mol. The smallest absolute Gasteiger partial charge is 0.251 e. The SMILES string of the molecule is Cc1ccc(C)c([C@H](C)NC(=O)c2ccc(N(Cc3ccccc3)S(C)(=O)=O)cc2)c1. The van der Waals surface area contributed by atoms with E-state index in [1.54, 1.807) is 24.3 Å². The summed E-state index contributed by atoms with van der Waals surface area (Å²) in [5.74, 6) is -0.200. The van der Waals surface area contributed by atoms with Crippen molar-refractivity contribution in [2.45, 2.75) is 33.4 Å². The minimum absolute atomic E-state index is 0.141. The summed E-state index contributed by atoms with van der Waals surface area (Å²) in [4.78, 5) is 12.8. The molecule has 0 fully saturated rings. The predicted molar refractivity (Wildman–Crippen MR) is 126 cm³/mol. The Kier molecular flexibility index (Phi) is 6.81. The number of carbonyl (C=O) groups excluding carboxylic acids is 1. The third-order valence-corrected chi connectivity index (χ3v) is 6.38. The number of sulfonamides is 1. The van der Waals surface area contributed by atoms with Gasteiger partial charge in [-0.2, -0.15) is 0 Å². The van der Waals surface area contributed by atoms with E-state index in [2.05, 4.69) is 23.5 Å². The second kappa shape index (κ2) is 9.35. The van der Waals surface area contributed by atoms with Crippen molar-refractivity contribution in [2.24, 2.45) is 0 Å². The molecule has 3 rings (SSSR count). The Morgan fingerprint density at radius 1 is 0.968 bits per heavy atom. The quantitative estimate of drug-likeness (QED) is 0.581. The summed E-state index contributed by atoms with van der Waals surface area (Å²) >= 11 is 0. The van der Waals surface area contributed by atoms with Crippen molar-refractivity contribution in [3.63, 3.8) is 0 Å². The number of nitrogens with one attached hydrogen (secondary N) is 1. The number of rotatable bonds is 7. The maximum Gasteiger partial charge on any atom is 0.251 e. The molecule has 1 amide bonds. The summed E-state index contributed by atoms with van der Waals surface area (Å²) in [6, 6.07) is 22.1. The lowest BCUT2D eigenvalue weighted by Gasteiger charge is -2.23. The first-order valence-corrected chi connectivity index (χ1v) is 12.0. The van der Waals surface area contributed by atoms with E-state index in [0.29, 0.717) is 11.3 Å². The molecule has 6 heteroatoms. The molecule has 5 nitrogen and oxygen atoms in total. The van der Waals surface area contributed by atoms with E-state index in [1.165, 1.54) is 10.6 Å². The molecule has 3 aromatic rings. The van der Waals surface area contributed by atoms with Crippen LogP contribution in [0.5, 0.6) is 0 Å². The van der Waals surface area contributed by atoms with Crippen LogP contribution in [-0.4, -0.2) is 20.6 Å². The zero-order chi connectivity index (χ0) is 22.6. The van der Waals surface area contributed by atoms with E-state index in [4.69, 9.17) is 0 Å². The van der Waals surface area contributed by atoms with Crippen LogP contribution in [0.2, 0.25) is 0 Å². The van der Waals surface area contributed by atoms with Gasteiger partial charge in [0.2, 0.25) is 10.0 Å². The van der Waals surface area contributed by atoms with Gasteiger partial charge in [0.15, 0.2) is 0 Å². The Bertz CT molecular complexity index is 1160. The summed E-state index contributed by atoms with van der Waals surface area (Å²) in [5.41, 5.74) is 5.23. The van der Waals surface area contributed by atoms with Gasteiger partial charge in [-0.3, -0.25) is 9.10 Å². The largest absolute Gasteiger partial charge is 0.346 e. The molecule has 0 heterocycles. The van der Waals surface area contributed by atoms with E-state index in [1.807, 2.05) is 51.1 Å². The zero-order valence-corrected chi connectivity index (χ0v) is 19.1. The van der Waals surface area contributed by atoms with Crippen molar-refractivity contribution < 1.29 is 13.2 Å². The summed E-state index contributed by atoms with van der Waals surface area (Å²) in [7, 11) is -3.48. The molecule has 0 aromatic heterocycles. The molecule has 0 bridgehead atoms. The molecule has 1 N–H and O–H groups in total. The Morgan fingerprint density at radius 3 is 2.23 bits per heavy atom. The zero-order valence-electron chi connectivity index (χ0n) is 18.3. The number of anilines is 1. The van der Waals surface area contributed by atoms with Crippen LogP contribution in [0.15, 0.2) is 72.8 Å².